The second-order valence-corrected chi connectivity index (χ2v) is 2.39. The van der Waals surface area contributed by atoms with E-state index in [4.69, 9.17) is 4.84 Å². The van der Waals surface area contributed by atoms with Crippen LogP contribution in [0.2, 0.25) is 0 Å². The summed E-state index contributed by atoms with van der Waals surface area (Å²) in [6.45, 7) is 5.07. The van der Waals surface area contributed by atoms with Gasteiger partial charge in [-0.05, 0) is 6.92 Å². The largest absolute Gasteiger partial charge is 0.406 e. The number of hydrogen-bond donors (Lipinski definition) is 0. The van der Waals surface area contributed by atoms with Gasteiger partial charge in [0.2, 0.25) is 12.4 Å². The summed E-state index contributed by atoms with van der Waals surface area (Å²) in [5.74, 6) is -0.425. The van der Waals surface area contributed by atoms with Crippen LogP contribution < -0.4 is 9.57 Å². The molecule has 12 heavy (non-hydrogen) atoms. The molecule has 0 unspecified atom stereocenters. The maximum Gasteiger partial charge on any atom is 0.406 e. The molecule has 3 heteroatoms. The van der Waals surface area contributed by atoms with Crippen molar-refractivity contribution in [2.45, 2.75) is 6.92 Å². The molecule has 1 rings (SSSR count). The molecule has 0 aliphatic rings. The number of hydrogen-bond acceptors (Lipinski definition) is 2. The minimum atomic E-state index is -0.425. The third kappa shape index (κ3) is 2.20. The fourth-order valence-electron chi connectivity index (χ4n) is 0.617. The molecule has 62 valence electrons. The van der Waals surface area contributed by atoms with Crippen molar-refractivity contribution in [1.29, 1.82) is 0 Å². The van der Waals surface area contributed by atoms with Crippen molar-refractivity contribution in [3.8, 4) is 0 Å². The van der Waals surface area contributed by atoms with E-state index in [1.807, 2.05) is 6.07 Å². The van der Waals surface area contributed by atoms with Crippen molar-refractivity contribution in [2.24, 2.45) is 0 Å². The van der Waals surface area contributed by atoms with Crippen molar-refractivity contribution in [2.75, 3.05) is 0 Å². The molecule has 0 amide bonds. The number of nitrogens with zero attached hydrogens (tertiary/aromatic N) is 1. The van der Waals surface area contributed by atoms with Crippen molar-refractivity contribution < 1.29 is 14.4 Å². The van der Waals surface area contributed by atoms with Crippen LogP contribution in [0.3, 0.4) is 0 Å². The summed E-state index contributed by atoms with van der Waals surface area (Å²) >= 11 is 0. The lowest BCUT2D eigenvalue weighted by Crippen LogP contribution is -2.45. The molecule has 0 aliphatic carbocycles. The van der Waals surface area contributed by atoms with E-state index in [2.05, 4.69) is 6.58 Å². The molecule has 0 radical (unpaired) electrons. The molecule has 1 aromatic rings. The molecule has 0 saturated heterocycles. The molecular formula is C9H10NO2+. The lowest BCUT2D eigenvalue weighted by atomic mass is 10.4. The molecule has 0 aromatic carbocycles. The molecule has 0 bridgehead atoms. The van der Waals surface area contributed by atoms with Gasteiger partial charge in [-0.2, -0.15) is 4.84 Å². The predicted molar refractivity (Wildman–Crippen MR) is 43.0 cm³/mol. The highest BCUT2D eigenvalue weighted by atomic mass is 16.7. The van der Waals surface area contributed by atoms with Crippen molar-refractivity contribution in [3.05, 3.63) is 42.7 Å². The van der Waals surface area contributed by atoms with Crippen LogP contribution in [0.1, 0.15) is 6.92 Å². The molecule has 3 nitrogen and oxygen atoms in total. The minimum absolute atomic E-state index is 0.381. The number of carbonyl (C=O) groups is 1. The summed E-state index contributed by atoms with van der Waals surface area (Å²) < 4.78 is 1.33. The van der Waals surface area contributed by atoms with E-state index in [1.54, 1.807) is 31.5 Å². The van der Waals surface area contributed by atoms with E-state index in [-0.39, 0.29) is 0 Å². The molecule has 1 heterocycles. The molecule has 0 N–H and O–H groups in total. The van der Waals surface area contributed by atoms with Crippen LogP contribution in [0.4, 0.5) is 0 Å². The predicted octanol–water partition coefficient (Wildman–Crippen LogP) is 0.505. The Labute approximate surface area is 70.9 Å². The lowest BCUT2D eigenvalue weighted by Gasteiger charge is -1.93. The third-order valence-corrected chi connectivity index (χ3v) is 1.22. The summed E-state index contributed by atoms with van der Waals surface area (Å²) in [4.78, 5) is 15.8. The standard InChI is InChI=1S/C9H10NO2/c1-8(2)9(11)12-10-6-4-3-5-7-10/h3-7H,1H2,2H3/q+1. The quantitative estimate of drug-likeness (QED) is 0.471. The van der Waals surface area contributed by atoms with Gasteiger partial charge in [0.15, 0.2) is 0 Å². The van der Waals surface area contributed by atoms with Crippen LogP contribution in [0, 0.1) is 0 Å². The number of pyridine rings is 1. The van der Waals surface area contributed by atoms with E-state index >= 15 is 0 Å². The Morgan fingerprint density at radius 2 is 1.92 bits per heavy atom. The van der Waals surface area contributed by atoms with Crippen LogP contribution >= 0.6 is 0 Å². The van der Waals surface area contributed by atoms with Crippen LogP contribution in [0.15, 0.2) is 42.7 Å². The summed E-state index contributed by atoms with van der Waals surface area (Å²) in [5, 5.41) is 0. The smallest absolute Gasteiger partial charge is 0.239 e. The first kappa shape index (κ1) is 8.46. The van der Waals surface area contributed by atoms with E-state index in [1.165, 1.54) is 4.73 Å². The van der Waals surface area contributed by atoms with Gasteiger partial charge in [0.25, 0.3) is 0 Å². The molecule has 0 spiro atoms. The Bertz CT molecular complexity index is 293. The molecular weight excluding hydrogens is 154 g/mol. The van der Waals surface area contributed by atoms with Crippen molar-refractivity contribution in [1.82, 2.24) is 0 Å². The Morgan fingerprint density at radius 1 is 1.33 bits per heavy atom. The zero-order chi connectivity index (χ0) is 8.97. The average Bonchev–Trinajstić information content (AvgIpc) is 2.06. The van der Waals surface area contributed by atoms with Crippen molar-refractivity contribution >= 4 is 5.97 Å². The van der Waals surface area contributed by atoms with Gasteiger partial charge in [0, 0.05) is 22.4 Å². The lowest BCUT2D eigenvalue weighted by molar-refractivity contribution is -0.869. The van der Waals surface area contributed by atoms with Gasteiger partial charge in [0.1, 0.15) is 0 Å². The van der Waals surface area contributed by atoms with Gasteiger partial charge in [-0.15, -0.1) is 0 Å². The van der Waals surface area contributed by atoms with Crippen LogP contribution in [0.25, 0.3) is 0 Å². The second kappa shape index (κ2) is 3.67. The second-order valence-electron chi connectivity index (χ2n) is 2.39. The van der Waals surface area contributed by atoms with Crippen LogP contribution in [-0.2, 0) is 4.79 Å². The zero-order valence-corrected chi connectivity index (χ0v) is 6.86. The fourth-order valence-corrected chi connectivity index (χ4v) is 0.617. The first-order chi connectivity index (χ1) is 5.70. The third-order valence-electron chi connectivity index (χ3n) is 1.22. The SMILES string of the molecule is C=C(C)C(=O)O[n+]1ccccc1. The number of aromatic nitrogens is 1. The molecule has 1 aromatic heterocycles. The molecule has 0 saturated carbocycles. The number of carbonyl (C=O) groups excluding carboxylic acids is 1. The first-order valence-electron chi connectivity index (χ1n) is 3.54. The van der Waals surface area contributed by atoms with Crippen molar-refractivity contribution in [3.63, 3.8) is 0 Å². The average molecular weight is 164 g/mol. The molecule has 0 aliphatic heterocycles. The van der Waals surface area contributed by atoms with Gasteiger partial charge in [-0.1, -0.05) is 12.6 Å². The van der Waals surface area contributed by atoms with Crippen LogP contribution in [-0.4, -0.2) is 5.97 Å². The van der Waals surface area contributed by atoms with E-state index in [0.717, 1.165) is 0 Å². The Morgan fingerprint density at radius 3 is 2.42 bits per heavy atom. The van der Waals surface area contributed by atoms with Gasteiger partial charge < -0.3 is 0 Å². The topological polar surface area (TPSA) is 30.2 Å². The van der Waals surface area contributed by atoms with Crippen LogP contribution in [0.5, 0.6) is 0 Å². The van der Waals surface area contributed by atoms with Gasteiger partial charge in [-0.25, -0.2) is 4.79 Å². The monoisotopic (exact) mass is 164 g/mol. The zero-order valence-electron chi connectivity index (χ0n) is 6.86. The van der Waals surface area contributed by atoms with Gasteiger partial charge in [0.05, 0.1) is 0 Å². The summed E-state index contributed by atoms with van der Waals surface area (Å²) in [5.41, 5.74) is 0.381. The minimum Gasteiger partial charge on any atom is -0.239 e. The maximum absolute atomic E-state index is 11.0. The summed E-state index contributed by atoms with van der Waals surface area (Å²) in [7, 11) is 0. The fraction of sp³-hybridized carbons (Fsp3) is 0.111. The first-order valence-corrected chi connectivity index (χ1v) is 3.54. The Kier molecular flexibility index (Phi) is 2.58. The highest BCUT2D eigenvalue weighted by molar-refractivity contribution is 5.86. The Balaban J connectivity index is 2.65. The summed E-state index contributed by atoms with van der Waals surface area (Å²) in [6, 6.07) is 5.38. The van der Waals surface area contributed by atoms with Gasteiger partial charge in [-0.3, -0.25) is 0 Å². The van der Waals surface area contributed by atoms with E-state index < -0.39 is 5.97 Å². The molecule has 0 fully saturated rings. The van der Waals surface area contributed by atoms with Gasteiger partial charge >= 0.3 is 5.97 Å². The van der Waals surface area contributed by atoms with E-state index in [0.29, 0.717) is 5.57 Å². The molecule has 0 atom stereocenters. The van der Waals surface area contributed by atoms with E-state index in [9.17, 15) is 4.79 Å². The Hall–Kier alpha value is -1.64. The maximum atomic E-state index is 11.0. The highest BCUT2D eigenvalue weighted by Gasteiger charge is 2.09. The summed E-state index contributed by atoms with van der Waals surface area (Å²) in [6.07, 6.45) is 3.28. The normalized spacial score (nSPS) is 9.08. The highest BCUT2D eigenvalue weighted by Crippen LogP contribution is 1.85. The number of rotatable bonds is 2.